The van der Waals surface area contributed by atoms with Crippen LogP contribution in [0, 0.1) is 0 Å². The fourth-order valence-electron chi connectivity index (χ4n) is 0.673. The molecule has 0 aliphatic carbocycles. The van der Waals surface area contributed by atoms with Gasteiger partial charge in [-0.1, -0.05) is 0 Å². The van der Waals surface area contributed by atoms with Crippen LogP contribution in [-0.2, 0) is 14.9 Å². The zero-order valence-corrected chi connectivity index (χ0v) is 8.07. The van der Waals surface area contributed by atoms with Gasteiger partial charge >= 0.3 is 0 Å². The van der Waals surface area contributed by atoms with Crippen LogP contribution < -0.4 is 0 Å². The van der Waals surface area contributed by atoms with E-state index in [1.54, 1.807) is 0 Å². The van der Waals surface area contributed by atoms with Gasteiger partial charge in [0.2, 0.25) is 0 Å². The minimum absolute atomic E-state index is 0.160. The molecule has 7 heteroatoms. The van der Waals surface area contributed by atoms with Gasteiger partial charge in [0.25, 0.3) is 10.1 Å². The maximum Gasteiger partial charge on any atom is 0.267 e. The standard InChI is InChI=1S/C6H14O6S/c1-5(4-13(9,10)11)12-3-6(8)2-7/h5-8H,2-4H2,1H3,(H,9,10,11). The Morgan fingerprint density at radius 2 is 2.00 bits per heavy atom. The summed E-state index contributed by atoms with van der Waals surface area (Å²) in [5.41, 5.74) is 0. The normalized spacial score (nSPS) is 16.9. The molecule has 0 rings (SSSR count). The van der Waals surface area contributed by atoms with E-state index in [4.69, 9.17) is 19.5 Å². The molecule has 2 unspecified atom stereocenters. The zero-order valence-electron chi connectivity index (χ0n) is 7.25. The Morgan fingerprint density at radius 1 is 1.46 bits per heavy atom. The van der Waals surface area contributed by atoms with Crippen LogP contribution in [0.2, 0.25) is 0 Å². The topological polar surface area (TPSA) is 104 Å². The second-order valence-corrected chi connectivity index (χ2v) is 4.23. The molecule has 0 aromatic rings. The van der Waals surface area contributed by atoms with Crippen molar-refractivity contribution >= 4 is 10.1 Å². The number of hydrogen-bond donors (Lipinski definition) is 3. The highest BCUT2D eigenvalue weighted by Crippen LogP contribution is 1.97. The fourth-order valence-corrected chi connectivity index (χ4v) is 1.36. The van der Waals surface area contributed by atoms with Crippen molar-refractivity contribution in [3.63, 3.8) is 0 Å². The van der Waals surface area contributed by atoms with Crippen LogP contribution in [-0.4, -0.2) is 54.4 Å². The highest BCUT2D eigenvalue weighted by molar-refractivity contribution is 7.85. The molecule has 0 fully saturated rings. The lowest BCUT2D eigenvalue weighted by molar-refractivity contribution is -0.0161. The molecule has 13 heavy (non-hydrogen) atoms. The Balaban J connectivity index is 3.70. The lowest BCUT2D eigenvalue weighted by Crippen LogP contribution is -2.27. The van der Waals surface area contributed by atoms with Crippen LogP contribution in [0.5, 0.6) is 0 Å². The van der Waals surface area contributed by atoms with Gasteiger partial charge in [-0.05, 0) is 6.92 Å². The molecule has 80 valence electrons. The van der Waals surface area contributed by atoms with E-state index in [2.05, 4.69) is 0 Å². The van der Waals surface area contributed by atoms with E-state index in [1.807, 2.05) is 0 Å². The number of aliphatic hydroxyl groups excluding tert-OH is 2. The fraction of sp³-hybridized carbons (Fsp3) is 1.00. The van der Waals surface area contributed by atoms with Crippen molar-refractivity contribution in [2.45, 2.75) is 19.1 Å². The molecule has 0 saturated carbocycles. The van der Waals surface area contributed by atoms with E-state index < -0.39 is 34.7 Å². The average molecular weight is 214 g/mol. The molecule has 2 atom stereocenters. The summed E-state index contributed by atoms with van der Waals surface area (Å²) in [6.07, 6.45) is -1.74. The third-order valence-corrected chi connectivity index (χ3v) is 2.12. The van der Waals surface area contributed by atoms with Crippen molar-refractivity contribution < 1.29 is 27.9 Å². The summed E-state index contributed by atoms with van der Waals surface area (Å²) in [7, 11) is -4.05. The van der Waals surface area contributed by atoms with E-state index in [-0.39, 0.29) is 6.61 Å². The maximum absolute atomic E-state index is 10.3. The molecule has 6 nitrogen and oxygen atoms in total. The van der Waals surface area contributed by atoms with Crippen molar-refractivity contribution in [2.24, 2.45) is 0 Å². The van der Waals surface area contributed by atoms with Crippen LogP contribution in [0.15, 0.2) is 0 Å². The Kier molecular flexibility index (Phi) is 5.42. The van der Waals surface area contributed by atoms with E-state index in [9.17, 15) is 8.42 Å². The van der Waals surface area contributed by atoms with Gasteiger partial charge in [0, 0.05) is 0 Å². The van der Waals surface area contributed by atoms with Gasteiger partial charge in [-0.25, -0.2) is 0 Å². The molecule has 0 aliphatic rings. The first kappa shape index (κ1) is 12.8. The average Bonchev–Trinajstić information content (AvgIpc) is 1.97. The Labute approximate surface area is 76.9 Å². The molecule has 0 amide bonds. The summed E-state index contributed by atoms with van der Waals surface area (Å²) in [5, 5.41) is 17.2. The second kappa shape index (κ2) is 5.51. The predicted octanol–water partition coefficient (Wildman–Crippen LogP) is -1.37. The van der Waals surface area contributed by atoms with Crippen molar-refractivity contribution in [1.29, 1.82) is 0 Å². The van der Waals surface area contributed by atoms with E-state index in [0.29, 0.717) is 0 Å². The Hall–Kier alpha value is -0.210. The molecule has 0 spiro atoms. The zero-order chi connectivity index (χ0) is 10.5. The molecule has 0 bridgehead atoms. The predicted molar refractivity (Wildman–Crippen MR) is 44.9 cm³/mol. The van der Waals surface area contributed by atoms with Crippen LogP contribution in [0.25, 0.3) is 0 Å². The van der Waals surface area contributed by atoms with Gasteiger partial charge < -0.3 is 14.9 Å². The first-order chi connectivity index (χ1) is 5.85. The second-order valence-electron chi connectivity index (χ2n) is 2.73. The molecule has 0 aromatic heterocycles. The highest BCUT2D eigenvalue weighted by Gasteiger charge is 2.13. The largest absolute Gasteiger partial charge is 0.394 e. The van der Waals surface area contributed by atoms with Crippen LogP contribution in [0.1, 0.15) is 6.92 Å². The number of rotatable bonds is 6. The van der Waals surface area contributed by atoms with Crippen molar-refractivity contribution in [3.8, 4) is 0 Å². The number of aliphatic hydroxyl groups is 2. The molecule has 0 saturated heterocycles. The third-order valence-electron chi connectivity index (χ3n) is 1.23. The maximum atomic E-state index is 10.3. The quantitative estimate of drug-likeness (QED) is 0.471. The molecule has 0 aliphatic heterocycles. The Morgan fingerprint density at radius 3 is 2.38 bits per heavy atom. The molecule has 0 aromatic carbocycles. The molecule has 0 radical (unpaired) electrons. The highest BCUT2D eigenvalue weighted by atomic mass is 32.2. The van der Waals surface area contributed by atoms with E-state index >= 15 is 0 Å². The van der Waals surface area contributed by atoms with Crippen LogP contribution >= 0.6 is 0 Å². The van der Waals surface area contributed by atoms with Crippen molar-refractivity contribution in [1.82, 2.24) is 0 Å². The van der Waals surface area contributed by atoms with Gasteiger partial charge in [-0.3, -0.25) is 4.55 Å². The first-order valence-corrected chi connectivity index (χ1v) is 5.31. The Bertz CT molecular complexity index is 223. The summed E-state index contributed by atoms with van der Waals surface area (Å²) in [6.45, 7) is 0.837. The summed E-state index contributed by atoms with van der Waals surface area (Å²) in [4.78, 5) is 0. The minimum atomic E-state index is -4.05. The minimum Gasteiger partial charge on any atom is -0.394 e. The summed E-state index contributed by atoms with van der Waals surface area (Å²) < 4.78 is 33.9. The van der Waals surface area contributed by atoms with Gasteiger partial charge in [0.1, 0.15) is 11.9 Å². The SMILES string of the molecule is CC(CS(=O)(=O)O)OCC(O)CO. The number of hydrogen-bond acceptors (Lipinski definition) is 5. The lowest BCUT2D eigenvalue weighted by atomic mass is 10.4. The summed E-state index contributed by atoms with van der Waals surface area (Å²) in [5.74, 6) is -0.523. The summed E-state index contributed by atoms with van der Waals surface area (Å²) in [6, 6.07) is 0. The number of ether oxygens (including phenoxy) is 1. The van der Waals surface area contributed by atoms with Gasteiger partial charge in [-0.15, -0.1) is 0 Å². The molecular formula is C6H14O6S. The monoisotopic (exact) mass is 214 g/mol. The van der Waals surface area contributed by atoms with Crippen molar-refractivity contribution in [3.05, 3.63) is 0 Å². The molecular weight excluding hydrogens is 200 g/mol. The molecule has 0 heterocycles. The lowest BCUT2D eigenvalue weighted by Gasteiger charge is -2.13. The van der Waals surface area contributed by atoms with Gasteiger partial charge in [-0.2, -0.15) is 8.42 Å². The van der Waals surface area contributed by atoms with E-state index in [1.165, 1.54) is 6.92 Å². The van der Waals surface area contributed by atoms with Gasteiger partial charge in [0.05, 0.1) is 19.3 Å². The van der Waals surface area contributed by atoms with Gasteiger partial charge in [0.15, 0.2) is 0 Å². The third kappa shape index (κ3) is 8.13. The van der Waals surface area contributed by atoms with E-state index in [0.717, 1.165) is 0 Å². The molecule has 3 N–H and O–H groups in total. The smallest absolute Gasteiger partial charge is 0.267 e. The van der Waals surface area contributed by atoms with Crippen LogP contribution in [0.4, 0.5) is 0 Å². The van der Waals surface area contributed by atoms with Crippen LogP contribution in [0.3, 0.4) is 0 Å². The summed E-state index contributed by atoms with van der Waals surface area (Å²) >= 11 is 0. The van der Waals surface area contributed by atoms with Crippen molar-refractivity contribution in [2.75, 3.05) is 19.0 Å². The first-order valence-electron chi connectivity index (χ1n) is 3.71.